The van der Waals surface area contributed by atoms with Crippen molar-refractivity contribution in [2.45, 2.75) is 30.7 Å². The summed E-state index contributed by atoms with van der Waals surface area (Å²) < 4.78 is 27.5. The van der Waals surface area contributed by atoms with Gasteiger partial charge in [0.2, 0.25) is 12.0 Å². The van der Waals surface area contributed by atoms with Crippen LogP contribution in [0.1, 0.15) is 0 Å². The molecule has 12 nitrogen and oxygen atoms in total. The molecule has 4 rings (SSSR count). The zero-order chi connectivity index (χ0) is 25.4. The van der Waals surface area contributed by atoms with E-state index in [1.165, 1.54) is 38.5 Å². The first-order chi connectivity index (χ1) is 16.7. The molecule has 6 N–H and O–H groups in total. The summed E-state index contributed by atoms with van der Waals surface area (Å²) in [5, 5.41) is 59.6. The molecule has 3 aromatic rings. The third-order valence-corrected chi connectivity index (χ3v) is 5.66. The van der Waals surface area contributed by atoms with Crippen molar-refractivity contribution in [1.29, 1.82) is 0 Å². The monoisotopic (exact) mass is 492 g/mol. The Kier molecular flexibility index (Phi) is 6.74. The van der Waals surface area contributed by atoms with Crippen molar-refractivity contribution < 1.29 is 54.0 Å². The van der Waals surface area contributed by atoms with E-state index in [-0.39, 0.29) is 51.0 Å². The summed E-state index contributed by atoms with van der Waals surface area (Å²) in [7, 11) is 2.64. The molecule has 188 valence electrons. The maximum Gasteiger partial charge on any atom is 0.229 e. The van der Waals surface area contributed by atoms with E-state index in [0.29, 0.717) is 0 Å². The zero-order valence-electron chi connectivity index (χ0n) is 18.6. The molecule has 0 aliphatic carbocycles. The molecule has 1 aliphatic rings. The van der Waals surface area contributed by atoms with Gasteiger partial charge in [-0.25, -0.2) is 0 Å². The summed E-state index contributed by atoms with van der Waals surface area (Å²) >= 11 is 0. The Morgan fingerprint density at radius 3 is 2.14 bits per heavy atom. The third-order valence-electron chi connectivity index (χ3n) is 5.66. The van der Waals surface area contributed by atoms with Crippen LogP contribution in [0.5, 0.6) is 28.7 Å². The number of methoxy groups -OCH3 is 2. The maximum absolute atomic E-state index is 12.6. The van der Waals surface area contributed by atoms with Gasteiger partial charge in [-0.1, -0.05) is 0 Å². The van der Waals surface area contributed by atoms with E-state index in [1.807, 2.05) is 0 Å². The highest BCUT2D eigenvalue weighted by Crippen LogP contribution is 2.43. The molecule has 2 heterocycles. The summed E-state index contributed by atoms with van der Waals surface area (Å²) in [5.74, 6) is -0.626. The van der Waals surface area contributed by atoms with Gasteiger partial charge in [0.25, 0.3) is 0 Å². The number of hydrogen-bond donors (Lipinski definition) is 6. The molecule has 1 saturated heterocycles. The van der Waals surface area contributed by atoms with Gasteiger partial charge in [0.1, 0.15) is 41.3 Å². The number of rotatable bonds is 6. The van der Waals surface area contributed by atoms with Crippen LogP contribution in [0.2, 0.25) is 0 Å². The number of aromatic hydroxyl groups is 2. The van der Waals surface area contributed by atoms with Gasteiger partial charge in [-0.2, -0.15) is 0 Å². The number of benzene rings is 2. The minimum atomic E-state index is -1.67. The number of phenolic OH excluding ortho intramolecular Hbond substituents is 2. The summed E-state index contributed by atoms with van der Waals surface area (Å²) in [6, 6.07) is 6.32. The lowest BCUT2D eigenvalue weighted by molar-refractivity contribution is -0.277. The van der Waals surface area contributed by atoms with Gasteiger partial charge in [-0.15, -0.1) is 0 Å². The van der Waals surface area contributed by atoms with E-state index in [9.17, 15) is 35.4 Å². The van der Waals surface area contributed by atoms with E-state index >= 15 is 0 Å². The first kappa shape index (κ1) is 24.6. The van der Waals surface area contributed by atoms with Crippen LogP contribution in [0.25, 0.3) is 22.3 Å². The molecule has 35 heavy (non-hydrogen) atoms. The van der Waals surface area contributed by atoms with Crippen LogP contribution < -0.4 is 19.6 Å². The minimum absolute atomic E-state index is 0.0133. The maximum atomic E-state index is 12.6. The van der Waals surface area contributed by atoms with Crippen LogP contribution in [0.15, 0.2) is 39.5 Å². The SMILES string of the molecule is COc1cc(-c2cc(=O)c3c(O)ccc(O)c3o2)cc(OC)c1O[C@H]1O[C@@H](CO)[C@H](O)[C@@H](O)[C@@H]1O. The number of hydrogen-bond acceptors (Lipinski definition) is 12. The fraction of sp³-hybridized carbons (Fsp3) is 0.348. The zero-order valence-corrected chi connectivity index (χ0v) is 18.6. The lowest BCUT2D eigenvalue weighted by Crippen LogP contribution is -2.60. The standard InChI is InChI=1S/C23H24O12/c1-31-14-5-9(13-7-12(27)17-10(25)3-4-11(26)21(17)33-13)6-15(32-2)22(14)35-23-20(30)19(29)18(28)16(8-24)34-23/h3-7,16,18-20,23-26,28-30H,8H2,1-2H3/t16-,18-,19+,20-,23+/m0/s1. The molecule has 0 bridgehead atoms. The normalized spacial score (nSPS) is 24.3. The van der Waals surface area contributed by atoms with E-state index in [2.05, 4.69) is 0 Å². The Morgan fingerprint density at radius 1 is 0.914 bits per heavy atom. The van der Waals surface area contributed by atoms with Gasteiger partial charge in [-0.05, 0) is 24.3 Å². The number of fused-ring (bicyclic) bond motifs is 1. The quantitative estimate of drug-likeness (QED) is 0.254. The van der Waals surface area contributed by atoms with Crippen molar-refractivity contribution in [3.63, 3.8) is 0 Å². The second kappa shape index (κ2) is 9.60. The van der Waals surface area contributed by atoms with Crippen molar-refractivity contribution >= 4 is 11.0 Å². The molecule has 0 unspecified atom stereocenters. The molecule has 0 saturated carbocycles. The molecule has 0 spiro atoms. The minimum Gasteiger partial charge on any atom is -0.507 e. The van der Waals surface area contributed by atoms with Gasteiger partial charge in [-0.3, -0.25) is 4.79 Å². The summed E-state index contributed by atoms with van der Waals surface area (Å²) in [6.07, 6.45) is -7.58. The van der Waals surface area contributed by atoms with E-state index < -0.39 is 42.7 Å². The van der Waals surface area contributed by atoms with Crippen LogP contribution in [-0.4, -0.2) is 82.2 Å². The second-order valence-electron chi connectivity index (χ2n) is 7.81. The van der Waals surface area contributed by atoms with Crippen molar-refractivity contribution in [2.24, 2.45) is 0 Å². The molecule has 2 aromatic carbocycles. The van der Waals surface area contributed by atoms with Crippen molar-refractivity contribution in [3.8, 4) is 40.1 Å². The van der Waals surface area contributed by atoms with E-state index in [4.69, 9.17) is 23.4 Å². The Labute approximate surface area is 197 Å². The fourth-order valence-electron chi connectivity index (χ4n) is 3.79. The van der Waals surface area contributed by atoms with Gasteiger partial charge in [0.05, 0.1) is 20.8 Å². The van der Waals surface area contributed by atoms with E-state index in [0.717, 1.165) is 6.07 Å². The first-order valence-electron chi connectivity index (χ1n) is 10.4. The predicted molar refractivity (Wildman–Crippen MR) is 119 cm³/mol. The van der Waals surface area contributed by atoms with E-state index in [1.54, 1.807) is 0 Å². The van der Waals surface area contributed by atoms with Crippen molar-refractivity contribution in [1.82, 2.24) is 0 Å². The Bertz CT molecular complexity index is 1260. The lowest BCUT2D eigenvalue weighted by Gasteiger charge is -2.39. The van der Waals surface area contributed by atoms with Crippen LogP contribution in [-0.2, 0) is 4.74 Å². The molecular formula is C23H24O12. The molecule has 5 atom stereocenters. The Hall–Kier alpha value is -3.55. The smallest absolute Gasteiger partial charge is 0.229 e. The van der Waals surface area contributed by atoms with Gasteiger partial charge in [0.15, 0.2) is 28.3 Å². The number of ether oxygens (including phenoxy) is 4. The van der Waals surface area contributed by atoms with Gasteiger partial charge >= 0.3 is 0 Å². The van der Waals surface area contributed by atoms with Crippen LogP contribution in [0.4, 0.5) is 0 Å². The number of phenols is 2. The van der Waals surface area contributed by atoms with Crippen LogP contribution in [0.3, 0.4) is 0 Å². The summed E-state index contributed by atoms with van der Waals surface area (Å²) in [6.45, 7) is -0.637. The summed E-state index contributed by atoms with van der Waals surface area (Å²) in [5.41, 5.74) is -0.539. The lowest BCUT2D eigenvalue weighted by atomic mass is 9.99. The van der Waals surface area contributed by atoms with Crippen LogP contribution in [0, 0.1) is 0 Å². The molecule has 1 aliphatic heterocycles. The largest absolute Gasteiger partial charge is 0.507 e. The Morgan fingerprint density at radius 2 is 1.54 bits per heavy atom. The highest BCUT2D eigenvalue weighted by atomic mass is 16.7. The average molecular weight is 492 g/mol. The summed E-state index contributed by atoms with van der Waals surface area (Å²) in [4.78, 5) is 12.6. The molecule has 0 radical (unpaired) electrons. The first-order valence-corrected chi connectivity index (χ1v) is 10.4. The number of aliphatic hydroxyl groups is 4. The highest BCUT2D eigenvalue weighted by Gasteiger charge is 2.45. The molecule has 1 aromatic heterocycles. The van der Waals surface area contributed by atoms with Crippen LogP contribution >= 0.6 is 0 Å². The topological polar surface area (TPSA) is 189 Å². The molecule has 0 amide bonds. The predicted octanol–water partition coefficient (Wildman–Crippen LogP) is 0.0671. The van der Waals surface area contributed by atoms with Gasteiger partial charge in [0, 0.05) is 11.6 Å². The highest BCUT2D eigenvalue weighted by molar-refractivity contribution is 5.89. The van der Waals surface area contributed by atoms with Gasteiger partial charge < -0.3 is 54.0 Å². The molecule has 12 heteroatoms. The van der Waals surface area contributed by atoms with Crippen molar-refractivity contribution in [3.05, 3.63) is 40.6 Å². The Balaban J connectivity index is 1.77. The van der Waals surface area contributed by atoms with Crippen molar-refractivity contribution in [2.75, 3.05) is 20.8 Å². The fourth-order valence-corrected chi connectivity index (χ4v) is 3.79. The number of aliphatic hydroxyl groups excluding tert-OH is 4. The third kappa shape index (κ3) is 4.33. The second-order valence-corrected chi connectivity index (χ2v) is 7.81. The molecule has 1 fully saturated rings. The average Bonchev–Trinajstić information content (AvgIpc) is 2.86. The molecular weight excluding hydrogens is 468 g/mol.